The summed E-state index contributed by atoms with van der Waals surface area (Å²) in [6.45, 7) is 1.59. The molecule has 2 N–H and O–H groups in total. The Morgan fingerprint density at radius 2 is 2.16 bits per heavy atom. The third-order valence-corrected chi connectivity index (χ3v) is 3.55. The summed E-state index contributed by atoms with van der Waals surface area (Å²) < 4.78 is 6.28. The van der Waals surface area contributed by atoms with E-state index in [1.165, 1.54) is 0 Å². The molecule has 100 valence electrons. The van der Waals surface area contributed by atoms with Gasteiger partial charge in [-0.3, -0.25) is 5.10 Å². The molecule has 0 aromatic carbocycles. The normalized spacial score (nSPS) is 16.5. The Bertz CT molecular complexity index is 535. The summed E-state index contributed by atoms with van der Waals surface area (Å²) in [7, 11) is 0. The second-order valence-electron chi connectivity index (χ2n) is 4.42. The average molecular weight is 324 g/mol. The van der Waals surface area contributed by atoms with Gasteiger partial charge in [0, 0.05) is 29.8 Å². The minimum Gasteiger partial charge on any atom is -0.381 e. The largest absolute Gasteiger partial charge is 0.381 e. The molecule has 0 atom stereocenters. The molecule has 0 amide bonds. The van der Waals surface area contributed by atoms with Crippen LogP contribution in [-0.2, 0) is 4.74 Å². The van der Waals surface area contributed by atoms with Crippen molar-refractivity contribution < 1.29 is 4.74 Å². The smallest absolute Gasteiger partial charge is 0.247 e. The first-order valence-electron chi connectivity index (χ1n) is 6.20. The Balaban J connectivity index is 1.68. The van der Waals surface area contributed by atoms with Gasteiger partial charge in [-0.2, -0.15) is 4.98 Å². The average Bonchev–Trinajstić information content (AvgIpc) is 2.91. The van der Waals surface area contributed by atoms with Gasteiger partial charge >= 0.3 is 0 Å². The molecule has 1 aliphatic heterocycles. The second kappa shape index (κ2) is 5.66. The van der Waals surface area contributed by atoms with Gasteiger partial charge in [0.25, 0.3) is 0 Å². The molecule has 0 spiro atoms. The monoisotopic (exact) mass is 323 g/mol. The van der Waals surface area contributed by atoms with Gasteiger partial charge in [0.05, 0.1) is 0 Å². The van der Waals surface area contributed by atoms with Crippen LogP contribution in [0.5, 0.6) is 0 Å². The molecule has 0 bridgehead atoms. The van der Waals surface area contributed by atoms with E-state index in [4.69, 9.17) is 4.74 Å². The highest BCUT2D eigenvalue weighted by molar-refractivity contribution is 9.10. The summed E-state index contributed by atoms with van der Waals surface area (Å²) in [6, 6.07) is 3.79. The lowest BCUT2D eigenvalue weighted by molar-refractivity contribution is 0.0836. The van der Waals surface area contributed by atoms with Crippen molar-refractivity contribution in [1.82, 2.24) is 20.2 Å². The minimum atomic E-state index is 0.412. The summed E-state index contributed by atoms with van der Waals surface area (Å²) in [6.07, 6.45) is 3.71. The molecule has 2 aromatic heterocycles. The Morgan fingerprint density at radius 3 is 2.89 bits per heavy atom. The maximum atomic E-state index is 5.34. The molecule has 3 heterocycles. The van der Waals surface area contributed by atoms with Crippen LogP contribution >= 0.6 is 15.9 Å². The molecule has 1 aliphatic rings. The van der Waals surface area contributed by atoms with Crippen LogP contribution < -0.4 is 5.32 Å². The first-order valence-corrected chi connectivity index (χ1v) is 6.99. The van der Waals surface area contributed by atoms with Crippen LogP contribution in [0.25, 0.3) is 0 Å². The van der Waals surface area contributed by atoms with Crippen LogP contribution in [0.15, 0.2) is 22.8 Å². The van der Waals surface area contributed by atoms with E-state index in [2.05, 4.69) is 41.4 Å². The number of anilines is 2. The number of halogens is 1. The van der Waals surface area contributed by atoms with Crippen LogP contribution in [0.4, 0.5) is 11.8 Å². The van der Waals surface area contributed by atoms with Crippen molar-refractivity contribution in [2.45, 2.75) is 18.8 Å². The molecule has 3 rings (SSSR count). The first kappa shape index (κ1) is 12.6. The van der Waals surface area contributed by atoms with Crippen molar-refractivity contribution in [2.24, 2.45) is 0 Å². The van der Waals surface area contributed by atoms with Gasteiger partial charge in [0.15, 0.2) is 0 Å². The van der Waals surface area contributed by atoms with Gasteiger partial charge in [-0.1, -0.05) is 0 Å². The molecule has 0 aliphatic carbocycles. The van der Waals surface area contributed by atoms with Gasteiger partial charge < -0.3 is 10.1 Å². The van der Waals surface area contributed by atoms with Gasteiger partial charge in [-0.15, -0.1) is 5.10 Å². The van der Waals surface area contributed by atoms with E-state index < -0.39 is 0 Å². The molecular weight excluding hydrogens is 310 g/mol. The summed E-state index contributed by atoms with van der Waals surface area (Å²) >= 11 is 3.35. The Labute approximate surface area is 119 Å². The zero-order valence-electron chi connectivity index (χ0n) is 10.3. The maximum Gasteiger partial charge on any atom is 0.247 e. The summed E-state index contributed by atoms with van der Waals surface area (Å²) in [5.74, 6) is 2.61. The van der Waals surface area contributed by atoms with Crippen molar-refractivity contribution in [3.8, 4) is 0 Å². The van der Waals surface area contributed by atoms with Crippen LogP contribution in [0.1, 0.15) is 24.6 Å². The molecular formula is C12H14BrN5O. The number of nitrogens with one attached hydrogen (secondary N) is 2. The number of H-pyrrole nitrogens is 1. The minimum absolute atomic E-state index is 0.412. The zero-order chi connectivity index (χ0) is 13.1. The number of aromatic nitrogens is 4. The predicted molar refractivity (Wildman–Crippen MR) is 74.4 cm³/mol. The van der Waals surface area contributed by atoms with Crippen molar-refractivity contribution in [3.63, 3.8) is 0 Å². The van der Waals surface area contributed by atoms with Crippen LogP contribution in [-0.4, -0.2) is 33.4 Å². The number of pyridine rings is 1. The van der Waals surface area contributed by atoms with Crippen molar-refractivity contribution in [3.05, 3.63) is 28.6 Å². The number of rotatable bonds is 3. The van der Waals surface area contributed by atoms with E-state index in [0.29, 0.717) is 11.9 Å². The van der Waals surface area contributed by atoms with Gasteiger partial charge in [-0.25, -0.2) is 4.98 Å². The lowest BCUT2D eigenvalue weighted by atomic mass is 10.00. The number of aromatic amines is 1. The molecule has 1 saturated heterocycles. The Kier molecular flexibility index (Phi) is 3.74. The van der Waals surface area contributed by atoms with Gasteiger partial charge in [-0.05, 0) is 40.9 Å². The molecule has 1 fully saturated rings. The van der Waals surface area contributed by atoms with Gasteiger partial charge in [0.1, 0.15) is 11.6 Å². The number of ether oxygens (including phenoxy) is 1. The van der Waals surface area contributed by atoms with Crippen LogP contribution in [0.2, 0.25) is 0 Å². The Morgan fingerprint density at radius 1 is 1.32 bits per heavy atom. The van der Waals surface area contributed by atoms with Crippen molar-refractivity contribution in [1.29, 1.82) is 0 Å². The fraction of sp³-hybridized carbons (Fsp3) is 0.417. The maximum absolute atomic E-state index is 5.34. The van der Waals surface area contributed by atoms with Crippen molar-refractivity contribution in [2.75, 3.05) is 18.5 Å². The highest BCUT2D eigenvalue weighted by Gasteiger charge is 2.19. The second-order valence-corrected chi connectivity index (χ2v) is 5.33. The zero-order valence-corrected chi connectivity index (χ0v) is 11.9. The quantitative estimate of drug-likeness (QED) is 0.908. The fourth-order valence-electron chi connectivity index (χ4n) is 2.05. The number of nitrogens with zero attached hydrogens (tertiary/aromatic N) is 3. The SMILES string of the molecule is Brc1ccc(Nc2n[nH]c(C3CCOCC3)n2)nc1. The van der Waals surface area contributed by atoms with E-state index in [-0.39, 0.29) is 0 Å². The van der Waals surface area contributed by atoms with E-state index in [0.717, 1.165) is 42.2 Å². The first-order chi connectivity index (χ1) is 9.31. The van der Waals surface area contributed by atoms with E-state index in [1.807, 2.05) is 12.1 Å². The highest BCUT2D eigenvalue weighted by atomic mass is 79.9. The number of hydrogen-bond acceptors (Lipinski definition) is 5. The van der Waals surface area contributed by atoms with E-state index in [9.17, 15) is 0 Å². The molecule has 0 saturated carbocycles. The summed E-state index contributed by atoms with van der Waals surface area (Å²) in [5, 5.41) is 10.2. The topological polar surface area (TPSA) is 75.7 Å². The lowest BCUT2D eigenvalue weighted by Gasteiger charge is -2.19. The van der Waals surface area contributed by atoms with Crippen LogP contribution in [0, 0.1) is 0 Å². The fourth-order valence-corrected chi connectivity index (χ4v) is 2.28. The molecule has 2 aromatic rings. The van der Waals surface area contributed by atoms with Crippen LogP contribution in [0.3, 0.4) is 0 Å². The lowest BCUT2D eigenvalue weighted by Crippen LogP contribution is -2.15. The summed E-state index contributed by atoms with van der Waals surface area (Å²) in [4.78, 5) is 8.69. The molecule has 0 unspecified atom stereocenters. The molecule has 19 heavy (non-hydrogen) atoms. The number of hydrogen-bond donors (Lipinski definition) is 2. The molecule has 0 radical (unpaired) electrons. The Hall–Kier alpha value is -1.47. The summed E-state index contributed by atoms with van der Waals surface area (Å²) in [5.41, 5.74) is 0. The van der Waals surface area contributed by atoms with Gasteiger partial charge in [0.2, 0.25) is 5.95 Å². The highest BCUT2D eigenvalue weighted by Crippen LogP contribution is 2.24. The third kappa shape index (κ3) is 3.10. The standard InChI is InChI=1S/C12H14BrN5O/c13-9-1-2-10(14-7-9)15-12-16-11(17-18-12)8-3-5-19-6-4-8/h1-2,7-8H,3-6H2,(H2,14,15,16,17,18). The van der Waals surface area contributed by atoms with E-state index >= 15 is 0 Å². The predicted octanol–water partition coefficient (Wildman–Crippen LogP) is 2.60. The van der Waals surface area contributed by atoms with E-state index in [1.54, 1.807) is 6.20 Å². The molecule has 7 heteroatoms. The third-order valence-electron chi connectivity index (χ3n) is 3.08. The van der Waals surface area contributed by atoms with Crippen molar-refractivity contribution >= 4 is 27.7 Å². The molecule has 6 nitrogen and oxygen atoms in total.